The van der Waals surface area contributed by atoms with Gasteiger partial charge in [0.2, 0.25) is 0 Å². The molecule has 0 amide bonds. The van der Waals surface area contributed by atoms with Crippen LogP contribution in [0.25, 0.3) is 0 Å². The normalized spacial score (nSPS) is 12.1. The second-order valence-corrected chi connectivity index (χ2v) is 6.02. The second kappa shape index (κ2) is 10.2. The van der Waals surface area contributed by atoms with Crippen molar-refractivity contribution in [1.29, 1.82) is 0 Å². The first kappa shape index (κ1) is 20.4. The highest BCUT2D eigenvalue weighted by atomic mass is 16.4. The van der Waals surface area contributed by atoms with Crippen molar-refractivity contribution in [1.82, 2.24) is 0 Å². The van der Waals surface area contributed by atoms with Gasteiger partial charge in [0.1, 0.15) is 0 Å². The molecule has 0 atom stereocenters. The van der Waals surface area contributed by atoms with E-state index in [-0.39, 0.29) is 17.1 Å². The molecule has 0 aliphatic rings. The number of rotatable bonds is 10. The number of carboxylic acid groups (broad SMARTS) is 2. The molecule has 0 aliphatic heterocycles. The fourth-order valence-electron chi connectivity index (χ4n) is 2.73. The van der Waals surface area contributed by atoms with Crippen LogP contribution in [0.2, 0.25) is 0 Å². The first-order chi connectivity index (χ1) is 10.3. The van der Waals surface area contributed by atoms with Crippen LogP contribution in [0.4, 0.5) is 0 Å². The molecule has 0 radical (unpaired) electrons. The summed E-state index contributed by atoms with van der Waals surface area (Å²) in [5, 5.41) is 18.9. The summed E-state index contributed by atoms with van der Waals surface area (Å²) in [4.78, 5) is 23.2. The van der Waals surface area contributed by atoms with Gasteiger partial charge in [0.05, 0.1) is 11.1 Å². The van der Waals surface area contributed by atoms with Gasteiger partial charge in [-0.15, -0.1) is 0 Å². The van der Waals surface area contributed by atoms with Crippen LogP contribution in [-0.2, 0) is 9.59 Å². The van der Waals surface area contributed by atoms with Crippen molar-refractivity contribution in [2.45, 2.75) is 73.1 Å². The molecule has 0 bridgehead atoms. The van der Waals surface area contributed by atoms with E-state index in [2.05, 4.69) is 13.8 Å². The lowest BCUT2D eigenvalue weighted by molar-refractivity contribution is -0.136. The minimum atomic E-state index is -1.17. The molecule has 126 valence electrons. The topological polar surface area (TPSA) is 74.6 Å². The Morgan fingerprint density at radius 1 is 0.818 bits per heavy atom. The quantitative estimate of drug-likeness (QED) is 0.449. The van der Waals surface area contributed by atoms with Gasteiger partial charge in [0.15, 0.2) is 0 Å². The molecule has 4 heteroatoms. The van der Waals surface area contributed by atoms with E-state index in [1.165, 1.54) is 0 Å². The molecule has 0 heterocycles. The minimum absolute atomic E-state index is 0.0234. The zero-order valence-corrected chi connectivity index (χ0v) is 14.5. The Balaban J connectivity index is 5.88. The van der Waals surface area contributed by atoms with Crippen molar-refractivity contribution in [2.75, 3.05) is 0 Å². The van der Waals surface area contributed by atoms with Crippen LogP contribution < -0.4 is 0 Å². The third kappa shape index (κ3) is 6.04. The molecule has 0 unspecified atom stereocenters. The van der Waals surface area contributed by atoms with Gasteiger partial charge in [-0.05, 0) is 39.5 Å². The molecule has 0 aliphatic carbocycles. The number of unbranched alkanes of at least 4 members (excludes halogenated alkanes) is 2. The summed E-state index contributed by atoms with van der Waals surface area (Å²) in [5.74, 6) is -2.17. The minimum Gasteiger partial charge on any atom is -0.478 e. The molecule has 0 fully saturated rings. The van der Waals surface area contributed by atoms with E-state index in [4.69, 9.17) is 0 Å². The van der Waals surface area contributed by atoms with Crippen LogP contribution >= 0.6 is 0 Å². The van der Waals surface area contributed by atoms with Crippen LogP contribution in [0.3, 0.4) is 0 Å². The highest BCUT2D eigenvalue weighted by Gasteiger charge is 2.26. The van der Waals surface area contributed by atoms with Crippen LogP contribution in [-0.4, -0.2) is 22.2 Å². The molecule has 0 rings (SSSR count). The molecule has 0 aromatic carbocycles. The summed E-state index contributed by atoms with van der Waals surface area (Å²) in [6, 6.07) is 0. The first-order valence-corrected chi connectivity index (χ1v) is 8.12. The molecule has 0 aromatic heterocycles. The molecule has 0 saturated heterocycles. The predicted molar refractivity (Wildman–Crippen MR) is 88.9 cm³/mol. The Morgan fingerprint density at radius 2 is 1.23 bits per heavy atom. The number of hydrogen-bond acceptors (Lipinski definition) is 2. The smallest absolute Gasteiger partial charge is 0.336 e. The van der Waals surface area contributed by atoms with Crippen LogP contribution in [0, 0.1) is 5.92 Å². The number of aliphatic carboxylic acids is 2. The Morgan fingerprint density at radius 3 is 1.50 bits per heavy atom. The molecular weight excluding hydrogens is 280 g/mol. The zero-order valence-electron chi connectivity index (χ0n) is 14.5. The maximum absolute atomic E-state index is 11.7. The zero-order chi connectivity index (χ0) is 17.3. The fraction of sp³-hybridized carbons (Fsp3) is 0.667. The highest BCUT2D eigenvalue weighted by molar-refractivity contribution is 6.06. The van der Waals surface area contributed by atoms with E-state index in [0.717, 1.165) is 38.5 Å². The maximum atomic E-state index is 11.7. The Labute approximate surface area is 133 Å². The molecule has 0 aromatic rings. The lowest BCUT2D eigenvalue weighted by atomic mass is 9.84. The van der Waals surface area contributed by atoms with Gasteiger partial charge in [-0.25, -0.2) is 9.59 Å². The van der Waals surface area contributed by atoms with E-state index in [0.29, 0.717) is 11.1 Å². The van der Waals surface area contributed by atoms with Gasteiger partial charge in [-0.2, -0.15) is 0 Å². The van der Waals surface area contributed by atoms with Gasteiger partial charge in [0, 0.05) is 0 Å². The van der Waals surface area contributed by atoms with E-state index in [1.807, 2.05) is 0 Å². The highest BCUT2D eigenvalue weighted by Crippen LogP contribution is 2.30. The summed E-state index contributed by atoms with van der Waals surface area (Å²) in [5.41, 5.74) is 1.13. The fourth-order valence-corrected chi connectivity index (χ4v) is 2.73. The number of allylic oxidation sites excluding steroid dienone is 2. The summed E-state index contributed by atoms with van der Waals surface area (Å²) < 4.78 is 0. The van der Waals surface area contributed by atoms with Crippen molar-refractivity contribution in [2.24, 2.45) is 5.92 Å². The third-order valence-corrected chi connectivity index (χ3v) is 4.00. The molecular formula is C18H30O4. The summed E-state index contributed by atoms with van der Waals surface area (Å²) in [7, 11) is 0. The molecule has 2 N–H and O–H groups in total. The summed E-state index contributed by atoms with van der Waals surface area (Å²) in [6.07, 6.45) is 5.97. The van der Waals surface area contributed by atoms with E-state index in [1.54, 1.807) is 20.8 Å². The molecule has 22 heavy (non-hydrogen) atoms. The summed E-state index contributed by atoms with van der Waals surface area (Å²) in [6.45, 7) is 9.28. The van der Waals surface area contributed by atoms with Crippen LogP contribution in [0.5, 0.6) is 0 Å². The van der Waals surface area contributed by atoms with Crippen LogP contribution in [0.1, 0.15) is 73.1 Å². The van der Waals surface area contributed by atoms with Gasteiger partial charge in [-0.1, -0.05) is 50.7 Å². The average molecular weight is 310 g/mol. The van der Waals surface area contributed by atoms with Crippen molar-refractivity contribution < 1.29 is 19.8 Å². The Kier molecular flexibility index (Phi) is 9.46. The van der Waals surface area contributed by atoms with Crippen molar-refractivity contribution in [3.05, 3.63) is 22.3 Å². The molecule has 0 saturated carbocycles. The van der Waals surface area contributed by atoms with E-state index >= 15 is 0 Å². The molecule has 4 nitrogen and oxygen atoms in total. The first-order valence-electron chi connectivity index (χ1n) is 8.12. The standard InChI is InChI=1S/C18H30O4/c1-6-8-10-14(11-9-7-2)13(5)16(18(21)22)15(12(3)4)17(19)20/h14H,6-11H2,1-5H3,(H,19,20)(H,21,22). The Bertz CT molecular complexity index is 446. The summed E-state index contributed by atoms with van der Waals surface area (Å²) >= 11 is 0. The second-order valence-electron chi connectivity index (χ2n) is 6.02. The number of carboxylic acids is 2. The third-order valence-electron chi connectivity index (χ3n) is 4.00. The largest absolute Gasteiger partial charge is 0.478 e. The van der Waals surface area contributed by atoms with Gasteiger partial charge in [0.25, 0.3) is 0 Å². The monoisotopic (exact) mass is 310 g/mol. The lowest BCUT2D eigenvalue weighted by Crippen LogP contribution is -2.18. The predicted octanol–water partition coefficient (Wildman–Crippen LogP) is 4.81. The van der Waals surface area contributed by atoms with Gasteiger partial charge >= 0.3 is 11.9 Å². The average Bonchev–Trinajstić information content (AvgIpc) is 2.42. The van der Waals surface area contributed by atoms with E-state index in [9.17, 15) is 19.8 Å². The Hall–Kier alpha value is -1.58. The van der Waals surface area contributed by atoms with Crippen LogP contribution in [0.15, 0.2) is 22.3 Å². The van der Waals surface area contributed by atoms with Gasteiger partial charge < -0.3 is 10.2 Å². The van der Waals surface area contributed by atoms with E-state index < -0.39 is 11.9 Å². The van der Waals surface area contributed by atoms with Crippen molar-refractivity contribution in [3.8, 4) is 0 Å². The van der Waals surface area contributed by atoms with Crippen molar-refractivity contribution in [3.63, 3.8) is 0 Å². The molecule has 0 spiro atoms. The lowest BCUT2D eigenvalue weighted by Gasteiger charge is -2.21. The number of carbonyl (C=O) groups is 2. The van der Waals surface area contributed by atoms with Gasteiger partial charge in [-0.3, -0.25) is 0 Å². The van der Waals surface area contributed by atoms with Crippen molar-refractivity contribution >= 4 is 11.9 Å². The number of hydrogen-bond donors (Lipinski definition) is 2. The maximum Gasteiger partial charge on any atom is 0.336 e. The SMILES string of the molecule is CCCCC(CCCC)C(C)=C(C(=O)O)C(C(=O)O)=C(C)C.